The van der Waals surface area contributed by atoms with Crippen molar-refractivity contribution in [1.82, 2.24) is 4.98 Å². The average Bonchev–Trinajstić information content (AvgIpc) is 2.49. The molecule has 0 amide bonds. The number of ether oxygens (including phenoxy) is 1. The lowest BCUT2D eigenvalue weighted by Gasteiger charge is -2.08. The third-order valence-electron chi connectivity index (χ3n) is 3.22. The summed E-state index contributed by atoms with van der Waals surface area (Å²) in [5, 5.41) is 2.24. The van der Waals surface area contributed by atoms with Crippen LogP contribution in [0.5, 0.6) is 0 Å². The van der Waals surface area contributed by atoms with Crippen molar-refractivity contribution in [3.8, 4) is 0 Å². The molecule has 3 rings (SSSR count). The van der Waals surface area contributed by atoms with Gasteiger partial charge in [-0.15, -0.1) is 0 Å². The minimum atomic E-state index is 0.405. The van der Waals surface area contributed by atoms with Crippen LogP contribution in [0.15, 0.2) is 54.6 Å². The van der Waals surface area contributed by atoms with Crippen LogP contribution >= 0.6 is 23.2 Å². The van der Waals surface area contributed by atoms with Crippen molar-refractivity contribution in [2.24, 2.45) is 0 Å². The summed E-state index contributed by atoms with van der Waals surface area (Å²) < 4.78 is 5.71. The fourth-order valence-corrected chi connectivity index (χ4v) is 2.51. The molecule has 0 aliphatic rings. The summed E-state index contributed by atoms with van der Waals surface area (Å²) >= 11 is 12.3. The Morgan fingerprint density at radius 2 is 1.57 bits per heavy atom. The standard InChI is InChI=1S/C17H13Cl2NO/c18-15-7-3-1-6-13(15)10-21-11-14-9-12-5-2-4-8-16(12)20-17(14)19/h1-9H,10-11H2. The Labute approximate surface area is 133 Å². The van der Waals surface area contributed by atoms with Gasteiger partial charge in [-0.3, -0.25) is 0 Å². The molecule has 1 heterocycles. The second kappa shape index (κ2) is 6.44. The van der Waals surface area contributed by atoms with Crippen molar-refractivity contribution in [2.45, 2.75) is 13.2 Å². The lowest BCUT2D eigenvalue weighted by molar-refractivity contribution is 0.107. The van der Waals surface area contributed by atoms with Crippen molar-refractivity contribution in [1.29, 1.82) is 0 Å². The maximum Gasteiger partial charge on any atom is 0.135 e. The first kappa shape index (κ1) is 14.3. The van der Waals surface area contributed by atoms with Crippen LogP contribution in [-0.4, -0.2) is 4.98 Å². The highest BCUT2D eigenvalue weighted by Gasteiger charge is 2.06. The molecule has 0 atom stereocenters. The average molecular weight is 318 g/mol. The van der Waals surface area contributed by atoms with Crippen molar-refractivity contribution >= 4 is 34.1 Å². The van der Waals surface area contributed by atoms with Gasteiger partial charge in [-0.05, 0) is 23.8 Å². The van der Waals surface area contributed by atoms with Crippen molar-refractivity contribution in [3.05, 3.63) is 75.9 Å². The molecule has 1 aromatic heterocycles. The van der Waals surface area contributed by atoms with Crippen LogP contribution in [0, 0.1) is 0 Å². The van der Waals surface area contributed by atoms with Gasteiger partial charge in [0.25, 0.3) is 0 Å². The Bertz CT molecular complexity index is 774. The summed E-state index contributed by atoms with van der Waals surface area (Å²) in [6.45, 7) is 0.852. The van der Waals surface area contributed by atoms with Crippen molar-refractivity contribution in [3.63, 3.8) is 0 Å². The normalized spacial score (nSPS) is 11.0. The highest BCUT2D eigenvalue weighted by Crippen LogP contribution is 2.22. The first-order chi connectivity index (χ1) is 10.2. The molecule has 0 unspecified atom stereocenters. The SMILES string of the molecule is Clc1ccccc1COCc1cc2ccccc2nc1Cl. The topological polar surface area (TPSA) is 22.1 Å². The van der Waals surface area contributed by atoms with Crippen molar-refractivity contribution < 1.29 is 4.74 Å². The fraction of sp³-hybridized carbons (Fsp3) is 0.118. The summed E-state index contributed by atoms with van der Waals surface area (Å²) in [7, 11) is 0. The first-order valence-corrected chi connectivity index (χ1v) is 7.35. The summed E-state index contributed by atoms with van der Waals surface area (Å²) in [5.41, 5.74) is 2.73. The monoisotopic (exact) mass is 317 g/mol. The quantitative estimate of drug-likeness (QED) is 0.612. The minimum absolute atomic E-state index is 0.405. The molecule has 0 N–H and O–H groups in total. The molecule has 106 valence electrons. The van der Waals surface area contributed by atoms with Crippen LogP contribution in [0.1, 0.15) is 11.1 Å². The molecule has 21 heavy (non-hydrogen) atoms. The van der Waals surface area contributed by atoms with Gasteiger partial charge in [-0.25, -0.2) is 4.98 Å². The maximum atomic E-state index is 6.20. The third kappa shape index (κ3) is 3.35. The molecule has 0 aliphatic carbocycles. The number of pyridine rings is 1. The van der Waals surface area contributed by atoms with Gasteiger partial charge in [0.15, 0.2) is 0 Å². The number of hydrogen-bond donors (Lipinski definition) is 0. The molecule has 4 heteroatoms. The van der Waals surface area contributed by atoms with Crippen LogP contribution in [0.2, 0.25) is 10.2 Å². The lowest BCUT2D eigenvalue weighted by atomic mass is 10.2. The van der Waals surface area contributed by atoms with E-state index in [1.165, 1.54) is 0 Å². The molecule has 0 radical (unpaired) electrons. The summed E-state index contributed by atoms with van der Waals surface area (Å²) in [6, 6.07) is 17.5. The second-order valence-electron chi connectivity index (χ2n) is 4.72. The summed E-state index contributed by atoms with van der Waals surface area (Å²) in [4.78, 5) is 4.38. The smallest absolute Gasteiger partial charge is 0.135 e. The van der Waals surface area contributed by atoms with Gasteiger partial charge in [-0.2, -0.15) is 0 Å². The molecule has 2 aromatic carbocycles. The van der Waals surface area contributed by atoms with E-state index in [0.717, 1.165) is 22.0 Å². The summed E-state index contributed by atoms with van der Waals surface area (Å²) in [5.74, 6) is 0. The zero-order valence-electron chi connectivity index (χ0n) is 11.2. The predicted molar refractivity (Wildman–Crippen MR) is 86.7 cm³/mol. The number of hydrogen-bond acceptors (Lipinski definition) is 2. The lowest BCUT2D eigenvalue weighted by Crippen LogP contribution is -1.97. The Hall–Kier alpha value is -1.61. The van der Waals surface area contributed by atoms with E-state index in [2.05, 4.69) is 4.98 Å². The fourth-order valence-electron chi connectivity index (χ4n) is 2.12. The highest BCUT2D eigenvalue weighted by molar-refractivity contribution is 6.31. The molecule has 3 aromatic rings. The van der Waals surface area contributed by atoms with Gasteiger partial charge in [0, 0.05) is 16.0 Å². The predicted octanol–water partition coefficient (Wildman–Crippen LogP) is 5.26. The number of fused-ring (bicyclic) bond motifs is 1. The van der Waals surface area contributed by atoms with Crippen LogP contribution in [0.3, 0.4) is 0 Å². The minimum Gasteiger partial charge on any atom is -0.372 e. The Morgan fingerprint density at radius 1 is 0.857 bits per heavy atom. The number of nitrogens with zero attached hydrogens (tertiary/aromatic N) is 1. The molecule has 0 aliphatic heterocycles. The molecule has 0 fully saturated rings. The molecule has 0 saturated heterocycles. The number of para-hydroxylation sites is 1. The van der Waals surface area contributed by atoms with Gasteiger partial charge in [0.2, 0.25) is 0 Å². The Kier molecular flexibility index (Phi) is 4.39. The van der Waals surface area contributed by atoms with E-state index in [0.29, 0.717) is 23.4 Å². The second-order valence-corrected chi connectivity index (χ2v) is 5.48. The number of benzene rings is 2. The van der Waals surface area contributed by atoms with Crippen LogP contribution < -0.4 is 0 Å². The van der Waals surface area contributed by atoms with Crippen molar-refractivity contribution in [2.75, 3.05) is 0 Å². The number of rotatable bonds is 4. The molecule has 0 saturated carbocycles. The molecule has 2 nitrogen and oxygen atoms in total. The van der Waals surface area contributed by atoms with Gasteiger partial charge in [-0.1, -0.05) is 59.6 Å². The van der Waals surface area contributed by atoms with E-state index in [-0.39, 0.29) is 0 Å². The zero-order valence-corrected chi connectivity index (χ0v) is 12.7. The maximum absolute atomic E-state index is 6.20. The molecule has 0 spiro atoms. The Morgan fingerprint density at radius 3 is 2.43 bits per heavy atom. The van der Waals surface area contributed by atoms with Gasteiger partial charge < -0.3 is 4.74 Å². The van der Waals surface area contributed by atoms with Gasteiger partial charge >= 0.3 is 0 Å². The highest BCUT2D eigenvalue weighted by atomic mass is 35.5. The largest absolute Gasteiger partial charge is 0.372 e. The van der Waals surface area contributed by atoms with E-state index < -0.39 is 0 Å². The van der Waals surface area contributed by atoms with E-state index in [1.54, 1.807) is 0 Å². The van der Waals surface area contributed by atoms with Gasteiger partial charge in [0.1, 0.15) is 5.15 Å². The van der Waals surface area contributed by atoms with E-state index in [9.17, 15) is 0 Å². The van der Waals surface area contributed by atoms with Gasteiger partial charge in [0.05, 0.1) is 18.7 Å². The molecular formula is C17H13Cl2NO. The number of aromatic nitrogens is 1. The van der Waals surface area contributed by atoms with Crippen LogP contribution in [0.25, 0.3) is 10.9 Å². The molecular weight excluding hydrogens is 305 g/mol. The Balaban J connectivity index is 1.73. The first-order valence-electron chi connectivity index (χ1n) is 6.59. The number of halogens is 2. The molecule has 0 bridgehead atoms. The van der Waals surface area contributed by atoms with Crippen LogP contribution in [0.4, 0.5) is 0 Å². The van der Waals surface area contributed by atoms with Crippen LogP contribution in [-0.2, 0) is 18.0 Å². The zero-order chi connectivity index (χ0) is 14.7. The third-order valence-corrected chi connectivity index (χ3v) is 3.92. The van der Waals surface area contributed by atoms with E-state index in [1.807, 2.05) is 54.6 Å². The van der Waals surface area contributed by atoms with E-state index in [4.69, 9.17) is 27.9 Å². The summed E-state index contributed by atoms with van der Waals surface area (Å²) in [6.07, 6.45) is 0. The van der Waals surface area contributed by atoms with E-state index >= 15 is 0 Å².